The third kappa shape index (κ3) is 3.87. The maximum absolute atomic E-state index is 11.0. The molecule has 0 aliphatic rings. The summed E-state index contributed by atoms with van der Waals surface area (Å²) in [6.45, 7) is 0. The van der Waals surface area contributed by atoms with Gasteiger partial charge in [0.15, 0.2) is 0 Å². The fourth-order valence-corrected chi connectivity index (χ4v) is 2.21. The van der Waals surface area contributed by atoms with Crippen LogP contribution in [0.2, 0.25) is 10.0 Å². The van der Waals surface area contributed by atoms with Gasteiger partial charge in [-0.25, -0.2) is 0 Å². The van der Waals surface area contributed by atoms with Gasteiger partial charge in [0.05, 0.1) is 17.2 Å². The van der Waals surface area contributed by atoms with Gasteiger partial charge in [0.25, 0.3) is 0 Å². The molecule has 1 aromatic rings. The van der Waals surface area contributed by atoms with Crippen molar-refractivity contribution in [2.45, 2.75) is 10.9 Å². The molecule has 3 nitrogen and oxygen atoms in total. The van der Waals surface area contributed by atoms with Gasteiger partial charge >= 0.3 is 5.97 Å². The number of carbonyl (C=O) groups is 1. The molecule has 1 rings (SSSR count). The predicted molar refractivity (Wildman–Crippen MR) is 67.2 cm³/mol. The minimum absolute atomic E-state index is 0.424. The first-order valence-electron chi connectivity index (χ1n) is 4.46. The van der Waals surface area contributed by atoms with Gasteiger partial charge in [-0.1, -0.05) is 23.2 Å². The Labute approximate surface area is 108 Å². The van der Waals surface area contributed by atoms with Gasteiger partial charge in [0.2, 0.25) is 0 Å². The van der Waals surface area contributed by atoms with Crippen molar-refractivity contribution in [2.75, 3.05) is 12.9 Å². The molecule has 88 valence electrons. The number of hydrogen-bond donors (Lipinski definition) is 1. The summed E-state index contributed by atoms with van der Waals surface area (Å²) in [4.78, 5) is 12.0. The Morgan fingerprint density at radius 3 is 2.75 bits per heavy atom. The zero-order valence-corrected chi connectivity index (χ0v) is 10.9. The maximum atomic E-state index is 11.0. The fraction of sp³-hybridized carbons (Fsp3) is 0.300. The highest BCUT2D eigenvalue weighted by Gasteiger charge is 2.13. The van der Waals surface area contributed by atoms with Gasteiger partial charge in [-0.05, 0) is 18.2 Å². The van der Waals surface area contributed by atoms with Crippen molar-refractivity contribution in [3.05, 3.63) is 28.2 Å². The second kappa shape index (κ2) is 6.35. The molecule has 0 saturated heterocycles. The Morgan fingerprint density at radius 2 is 2.19 bits per heavy atom. The van der Waals surface area contributed by atoms with Crippen molar-refractivity contribution in [1.82, 2.24) is 0 Å². The number of methoxy groups -OCH3 is 1. The molecule has 16 heavy (non-hydrogen) atoms. The first kappa shape index (κ1) is 13.6. The molecule has 0 amide bonds. The summed E-state index contributed by atoms with van der Waals surface area (Å²) in [6.07, 6.45) is 0. The van der Waals surface area contributed by atoms with Crippen LogP contribution in [0.3, 0.4) is 0 Å². The standard InChI is InChI=1S/C10H11Cl2NO2S/c1-15-10(14)9(13)5-16-6-2-3-7(11)8(12)4-6/h2-4,9H,5,13H2,1H3. The van der Waals surface area contributed by atoms with Crippen LogP contribution in [0.5, 0.6) is 0 Å². The zero-order chi connectivity index (χ0) is 12.1. The zero-order valence-electron chi connectivity index (χ0n) is 8.57. The first-order valence-corrected chi connectivity index (χ1v) is 6.20. The van der Waals surface area contributed by atoms with Gasteiger partial charge in [0, 0.05) is 10.6 Å². The molecular weight excluding hydrogens is 269 g/mol. The Balaban J connectivity index is 2.55. The van der Waals surface area contributed by atoms with Crippen LogP contribution < -0.4 is 5.73 Å². The van der Waals surface area contributed by atoms with Crippen LogP contribution >= 0.6 is 35.0 Å². The normalized spacial score (nSPS) is 12.2. The molecule has 0 heterocycles. The van der Waals surface area contributed by atoms with Crippen molar-refractivity contribution >= 4 is 40.9 Å². The number of carbonyl (C=O) groups excluding carboxylic acids is 1. The number of halogens is 2. The Morgan fingerprint density at radius 1 is 1.50 bits per heavy atom. The third-order valence-corrected chi connectivity index (χ3v) is 3.68. The molecule has 1 unspecified atom stereocenters. The predicted octanol–water partition coefficient (Wildman–Crippen LogP) is 2.59. The lowest BCUT2D eigenvalue weighted by Gasteiger charge is -2.08. The van der Waals surface area contributed by atoms with E-state index in [0.29, 0.717) is 15.8 Å². The Bertz CT molecular complexity index is 387. The molecule has 2 N–H and O–H groups in total. The van der Waals surface area contributed by atoms with E-state index in [1.807, 2.05) is 6.07 Å². The second-order valence-corrected chi connectivity index (χ2v) is 4.92. The molecule has 0 spiro atoms. The van der Waals surface area contributed by atoms with Gasteiger partial charge in [-0.15, -0.1) is 11.8 Å². The number of rotatable bonds is 4. The lowest BCUT2D eigenvalue weighted by Crippen LogP contribution is -2.33. The number of nitrogens with two attached hydrogens (primary N) is 1. The van der Waals surface area contributed by atoms with Crippen molar-refractivity contribution in [2.24, 2.45) is 5.73 Å². The third-order valence-electron chi connectivity index (χ3n) is 1.82. The highest BCUT2D eigenvalue weighted by Crippen LogP contribution is 2.28. The van der Waals surface area contributed by atoms with E-state index < -0.39 is 12.0 Å². The largest absolute Gasteiger partial charge is 0.468 e. The van der Waals surface area contributed by atoms with Crippen LogP contribution in [-0.2, 0) is 9.53 Å². The van der Waals surface area contributed by atoms with Crippen molar-refractivity contribution in [1.29, 1.82) is 0 Å². The van der Waals surface area contributed by atoms with E-state index in [4.69, 9.17) is 28.9 Å². The average Bonchev–Trinajstić information content (AvgIpc) is 2.29. The van der Waals surface area contributed by atoms with Crippen molar-refractivity contribution in [3.8, 4) is 0 Å². The van der Waals surface area contributed by atoms with E-state index in [1.165, 1.54) is 18.9 Å². The van der Waals surface area contributed by atoms with E-state index in [0.717, 1.165) is 4.90 Å². The maximum Gasteiger partial charge on any atom is 0.323 e. The number of benzene rings is 1. The highest BCUT2D eigenvalue weighted by atomic mass is 35.5. The summed E-state index contributed by atoms with van der Waals surface area (Å²) in [6, 6.07) is 4.63. The van der Waals surface area contributed by atoms with Crippen LogP contribution in [0, 0.1) is 0 Å². The van der Waals surface area contributed by atoms with Crippen LogP contribution in [0.4, 0.5) is 0 Å². The number of hydrogen-bond acceptors (Lipinski definition) is 4. The molecule has 0 saturated carbocycles. The SMILES string of the molecule is COC(=O)C(N)CSc1ccc(Cl)c(Cl)c1. The van der Waals surface area contributed by atoms with Gasteiger partial charge in [-0.2, -0.15) is 0 Å². The minimum atomic E-state index is -0.635. The summed E-state index contributed by atoms with van der Waals surface area (Å²) in [5.74, 6) is 0.0116. The second-order valence-electron chi connectivity index (χ2n) is 3.02. The van der Waals surface area contributed by atoms with Gasteiger partial charge in [0.1, 0.15) is 6.04 Å². The summed E-state index contributed by atoms with van der Waals surface area (Å²) in [7, 11) is 1.31. The molecule has 6 heteroatoms. The molecule has 0 aromatic heterocycles. The lowest BCUT2D eigenvalue weighted by atomic mass is 10.4. The van der Waals surface area contributed by atoms with E-state index in [-0.39, 0.29) is 0 Å². The Hall–Kier alpha value is -0.420. The summed E-state index contributed by atoms with van der Waals surface area (Å²) in [5, 5.41) is 0.988. The molecule has 0 aliphatic heterocycles. The first-order chi connectivity index (χ1) is 7.54. The topological polar surface area (TPSA) is 52.3 Å². The van der Waals surface area contributed by atoms with Crippen LogP contribution in [-0.4, -0.2) is 24.9 Å². The molecule has 0 bridgehead atoms. The number of esters is 1. The number of thioether (sulfide) groups is 1. The number of ether oxygens (including phenoxy) is 1. The molecule has 1 atom stereocenters. The van der Waals surface area contributed by atoms with Crippen molar-refractivity contribution < 1.29 is 9.53 Å². The van der Waals surface area contributed by atoms with Crippen LogP contribution in [0.15, 0.2) is 23.1 Å². The van der Waals surface area contributed by atoms with E-state index in [9.17, 15) is 4.79 Å². The molecule has 1 aromatic carbocycles. The molecule has 0 fully saturated rings. The molecule has 0 aliphatic carbocycles. The molecule has 0 radical (unpaired) electrons. The molecular formula is C10H11Cl2NO2S. The van der Waals surface area contributed by atoms with Gasteiger partial charge < -0.3 is 10.5 Å². The van der Waals surface area contributed by atoms with Crippen molar-refractivity contribution in [3.63, 3.8) is 0 Å². The summed E-state index contributed by atoms with van der Waals surface area (Å²) >= 11 is 13.1. The van der Waals surface area contributed by atoms with E-state index in [2.05, 4.69) is 4.74 Å². The Kier molecular flexibility index (Phi) is 5.41. The van der Waals surface area contributed by atoms with Gasteiger partial charge in [-0.3, -0.25) is 4.79 Å². The smallest absolute Gasteiger partial charge is 0.323 e. The monoisotopic (exact) mass is 279 g/mol. The highest BCUT2D eigenvalue weighted by molar-refractivity contribution is 7.99. The fourth-order valence-electron chi connectivity index (χ4n) is 0.972. The van der Waals surface area contributed by atoms with Crippen LogP contribution in [0.25, 0.3) is 0 Å². The summed E-state index contributed by atoms with van der Waals surface area (Å²) < 4.78 is 4.52. The van der Waals surface area contributed by atoms with E-state index >= 15 is 0 Å². The average molecular weight is 280 g/mol. The van der Waals surface area contributed by atoms with Crippen LogP contribution in [0.1, 0.15) is 0 Å². The lowest BCUT2D eigenvalue weighted by molar-refractivity contribution is -0.141. The van der Waals surface area contributed by atoms with E-state index in [1.54, 1.807) is 12.1 Å². The quantitative estimate of drug-likeness (QED) is 0.680. The summed E-state index contributed by atoms with van der Waals surface area (Å²) in [5.41, 5.74) is 5.59. The minimum Gasteiger partial charge on any atom is -0.468 e.